The van der Waals surface area contributed by atoms with E-state index >= 15 is 0 Å². The van der Waals surface area contributed by atoms with Gasteiger partial charge < -0.3 is 24.5 Å². The van der Waals surface area contributed by atoms with Crippen LogP contribution >= 0.6 is 11.6 Å². The molecule has 2 aromatic carbocycles. The fourth-order valence-corrected chi connectivity index (χ4v) is 3.60. The van der Waals surface area contributed by atoms with Crippen molar-refractivity contribution >= 4 is 23.3 Å². The maximum absolute atomic E-state index is 12.8. The van der Waals surface area contributed by atoms with E-state index in [2.05, 4.69) is 10.5 Å². The second-order valence-electron chi connectivity index (χ2n) is 7.61. The number of ether oxygens (including phenoxy) is 2. The van der Waals surface area contributed by atoms with E-state index in [0.717, 1.165) is 22.6 Å². The number of oxime groups is 1. The molecular formula is C22H24ClN3O4. The fraction of sp³-hybridized carbons (Fsp3) is 0.364. The van der Waals surface area contributed by atoms with Crippen LogP contribution in [-0.2, 0) is 11.4 Å². The Morgan fingerprint density at radius 3 is 2.83 bits per heavy atom. The Morgan fingerprint density at radius 2 is 2.03 bits per heavy atom. The summed E-state index contributed by atoms with van der Waals surface area (Å²) in [6.07, 6.45) is 0.346. The number of amides is 2. The average Bonchev–Trinajstić information content (AvgIpc) is 3.37. The Bertz CT molecular complexity index is 963. The van der Waals surface area contributed by atoms with Crippen molar-refractivity contribution < 1.29 is 19.1 Å². The van der Waals surface area contributed by atoms with Crippen LogP contribution in [0.3, 0.4) is 0 Å². The molecular weight excluding hydrogens is 406 g/mol. The number of fused-ring (bicyclic) bond motifs is 1. The molecule has 0 bridgehead atoms. The van der Waals surface area contributed by atoms with E-state index in [1.165, 1.54) is 0 Å². The molecule has 0 aromatic heterocycles. The van der Waals surface area contributed by atoms with E-state index < -0.39 is 0 Å². The van der Waals surface area contributed by atoms with Gasteiger partial charge in [0.25, 0.3) is 0 Å². The smallest absolute Gasteiger partial charge is 0.318 e. The van der Waals surface area contributed by atoms with E-state index in [4.69, 9.17) is 25.9 Å². The van der Waals surface area contributed by atoms with Gasteiger partial charge >= 0.3 is 6.03 Å². The van der Waals surface area contributed by atoms with Crippen molar-refractivity contribution in [3.8, 4) is 11.5 Å². The van der Waals surface area contributed by atoms with Crippen LogP contribution in [-0.4, -0.2) is 42.1 Å². The third-order valence-electron chi connectivity index (χ3n) is 4.88. The summed E-state index contributed by atoms with van der Waals surface area (Å²) >= 11 is 6.31. The maximum atomic E-state index is 12.8. The maximum Gasteiger partial charge on any atom is 0.318 e. The standard InChI is InChI=1S/C22H24ClN3O4/c1-14(2)24-22(27)26(11-16-5-3-4-6-18(16)23)12-17-10-19(25-30-17)15-7-8-20-21(9-15)29-13-28-20/h3-9,14,17H,10-13H2,1-2H3,(H,24,27). The molecule has 1 unspecified atom stereocenters. The first kappa shape index (κ1) is 20.3. The van der Waals surface area contributed by atoms with Crippen LogP contribution in [0.15, 0.2) is 47.6 Å². The Labute approximate surface area is 180 Å². The monoisotopic (exact) mass is 429 g/mol. The number of carbonyl (C=O) groups excluding carboxylic acids is 1. The van der Waals surface area contributed by atoms with Gasteiger partial charge in [-0.1, -0.05) is 35.0 Å². The fourth-order valence-electron chi connectivity index (χ4n) is 3.41. The summed E-state index contributed by atoms with van der Waals surface area (Å²) in [5.74, 6) is 1.43. The van der Waals surface area contributed by atoms with Gasteiger partial charge in [-0.2, -0.15) is 0 Å². The molecule has 8 heteroatoms. The number of hydrogen-bond donors (Lipinski definition) is 1. The SMILES string of the molecule is CC(C)NC(=O)N(Cc1ccccc1Cl)CC1CC(c2ccc3c(c2)OCO3)=NO1. The lowest BCUT2D eigenvalue weighted by Gasteiger charge is -2.26. The molecule has 4 rings (SSSR count). The summed E-state index contributed by atoms with van der Waals surface area (Å²) in [7, 11) is 0. The first-order valence-electron chi connectivity index (χ1n) is 9.91. The molecule has 2 amide bonds. The summed E-state index contributed by atoms with van der Waals surface area (Å²) in [4.78, 5) is 20.2. The first-order chi connectivity index (χ1) is 14.5. The van der Waals surface area contributed by atoms with Gasteiger partial charge in [0, 0.05) is 29.6 Å². The molecule has 2 heterocycles. The molecule has 0 saturated heterocycles. The highest BCUT2D eigenvalue weighted by Gasteiger charge is 2.28. The van der Waals surface area contributed by atoms with E-state index in [1.807, 2.05) is 56.3 Å². The predicted molar refractivity (Wildman–Crippen MR) is 114 cm³/mol. The van der Waals surface area contributed by atoms with Gasteiger partial charge in [0.05, 0.1) is 12.3 Å². The summed E-state index contributed by atoms with van der Waals surface area (Å²) in [6.45, 7) is 4.86. The van der Waals surface area contributed by atoms with Gasteiger partial charge in [-0.05, 0) is 43.7 Å². The summed E-state index contributed by atoms with van der Waals surface area (Å²) in [5.41, 5.74) is 2.62. The van der Waals surface area contributed by atoms with E-state index in [9.17, 15) is 4.79 Å². The molecule has 0 radical (unpaired) electrons. The number of benzene rings is 2. The van der Waals surface area contributed by atoms with Crippen molar-refractivity contribution in [2.24, 2.45) is 5.16 Å². The van der Waals surface area contributed by atoms with Crippen LogP contribution in [0.25, 0.3) is 0 Å². The molecule has 1 atom stereocenters. The lowest BCUT2D eigenvalue weighted by Crippen LogP contribution is -2.45. The number of halogens is 1. The molecule has 0 aliphatic carbocycles. The molecule has 2 aliphatic heterocycles. The second kappa shape index (κ2) is 8.83. The number of hydrogen-bond acceptors (Lipinski definition) is 5. The zero-order valence-electron chi connectivity index (χ0n) is 16.9. The Kier molecular flexibility index (Phi) is 5.99. The Hall–Kier alpha value is -2.93. The van der Waals surface area contributed by atoms with Crippen LogP contribution in [0.5, 0.6) is 11.5 Å². The molecule has 30 heavy (non-hydrogen) atoms. The van der Waals surface area contributed by atoms with Crippen LogP contribution in [0.1, 0.15) is 31.4 Å². The highest BCUT2D eigenvalue weighted by Crippen LogP contribution is 2.33. The molecule has 1 N–H and O–H groups in total. The lowest BCUT2D eigenvalue weighted by atomic mass is 10.0. The average molecular weight is 430 g/mol. The minimum Gasteiger partial charge on any atom is -0.454 e. The number of urea groups is 1. The van der Waals surface area contributed by atoms with Crippen molar-refractivity contribution in [2.45, 2.75) is 39.0 Å². The van der Waals surface area contributed by atoms with Crippen LogP contribution in [0.2, 0.25) is 5.02 Å². The number of nitrogens with one attached hydrogen (secondary N) is 1. The summed E-state index contributed by atoms with van der Waals surface area (Å²) in [6, 6.07) is 13.1. The molecule has 2 aliphatic rings. The van der Waals surface area contributed by atoms with Gasteiger partial charge in [0.2, 0.25) is 6.79 Å². The summed E-state index contributed by atoms with van der Waals surface area (Å²) < 4.78 is 10.8. The number of nitrogens with zero attached hydrogens (tertiary/aromatic N) is 2. The molecule has 2 aromatic rings. The normalized spacial score (nSPS) is 16.9. The van der Waals surface area contributed by atoms with Crippen LogP contribution in [0.4, 0.5) is 4.79 Å². The largest absolute Gasteiger partial charge is 0.454 e. The highest BCUT2D eigenvalue weighted by molar-refractivity contribution is 6.31. The molecule has 7 nitrogen and oxygen atoms in total. The molecule has 0 spiro atoms. The van der Waals surface area contributed by atoms with Crippen molar-refractivity contribution in [3.05, 3.63) is 58.6 Å². The highest BCUT2D eigenvalue weighted by atomic mass is 35.5. The second-order valence-corrected chi connectivity index (χ2v) is 8.02. The number of carbonyl (C=O) groups is 1. The van der Waals surface area contributed by atoms with Crippen molar-refractivity contribution in [2.75, 3.05) is 13.3 Å². The first-order valence-corrected chi connectivity index (χ1v) is 10.3. The zero-order valence-corrected chi connectivity index (χ0v) is 17.7. The van der Waals surface area contributed by atoms with E-state index in [0.29, 0.717) is 30.3 Å². The third-order valence-corrected chi connectivity index (χ3v) is 5.25. The molecule has 0 fully saturated rings. The van der Waals surface area contributed by atoms with Gasteiger partial charge in [-0.15, -0.1) is 0 Å². The van der Waals surface area contributed by atoms with Crippen molar-refractivity contribution in [1.29, 1.82) is 0 Å². The van der Waals surface area contributed by atoms with Crippen LogP contribution in [0, 0.1) is 0 Å². The van der Waals surface area contributed by atoms with E-state index in [-0.39, 0.29) is 25.0 Å². The zero-order chi connectivity index (χ0) is 21.1. The van der Waals surface area contributed by atoms with Gasteiger partial charge in [-0.25, -0.2) is 4.79 Å². The minimum atomic E-state index is -0.245. The third kappa shape index (κ3) is 4.62. The quantitative estimate of drug-likeness (QED) is 0.747. The Morgan fingerprint density at radius 1 is 1.23 bits per heavy atom. The van der Waals surface area contributed by atoms with Gasteiger partial charge in [0.15, 0.2) is 17.6 Å². The summed E-state index contributed by atoms with van der Waals surface area (Å²) in [5, 5.41) is 7.82. The van der Waals surface area contributed by atoms with Gasteiger partial charge in [0.1, 0.15) is 0 Å². The van der Waals surface area contributed by atoms with Crippen LogP contribution < -0.4 is 14.8 Å². The minimum absolute atomic E-state index is 0.0242. The Balaban J connectivity index is 1.44. The lowest BCUT2D eigenvalue weighted by molar-refractivity contribution is 0.0586. The predicted octanol–water partition coefficient (Wildman–Crippen LogP) is 4.18. The number of rotatable bonds is 6. The molecule has 0 saturated carbocycles. The van der Waals surface area contributed by atoms with Crippen molar-refractivity contribution in [3.63, 3.8) is 0 Å². The molecule has 158 valence electrons. The van der Waals surface area contributed by atoms with Gasteiger partial charge in [-0.3, -0.25) is 0 Å². The van der Waals surface area contributed by atoms with E-state index in [1.54, 1.807) is 4.90 Å². The van der Waals surface area contributed by atoms with Crippen molar-refractivity contribution in [1.82, 2.24) is 10.2 Å². The topological polar surface area (TPSA) is 72.4 Å².